The molecule has 0 spiro atoms. The van der Waals surface area contributed by atoms with Gasteiger partial charge in [-0.3, -0.25) is 9.59 Å². The maximum atomic E-state index is 11.3. The van der Waals surface area contributed by atoms with Crippen molar-refractivity contribution in [2.75, 3.05) is 7.11 Å². The summed E-state index contributed by atoms with van der Waals surface area (Å²) in [6, 6.07) is 0. The fourth-order valence-electron chi connectivity index (χ4n) is 3.41. The number of epoxide rings is 1. The molecule has 1 rings (SSSR count). The zero-order valence-electron chi connectivity index (χ0n) is 17.0. The minimum atomic E-state index is -0.186. The first kappa shape index (κ1) is 22.9. The van der Waals surface area contributed by atoms with Crippen LogP contribution in [-0.4, -0.2) is 37.4 Å². The molecule has 1 heterocycles. The molecule has 1 aliphatic heterocycles. The van der Waals surface area contributed by atoms with E-state index in [0.29, 0.717) is 12.5 Å². The molecule has 0 saturated carbocycles. The van der Waals surface area contributed by atoms with E-state index in [0.717, 1.165) is 51.4 Å². The first-order chi connectivity index (χ1) is 12.6. The van der Waals surface area contributed by atoms with Crippen molar-refractivity contribution in [3.05, 3.63) is 0 Å². The fraction of sp³-hybridized carbons (Fsp3) is 0.905. The van der Waals surface area contributed by atoms with E-state index < -0.39 is 0 Å². The third-order valence-electron chi connectivity index (χ3n) is 4.99. The van der Waals surface area contributed by atoms with E-state index in [4.69, 9.17) is 9.47 Å². The van der Waals surface area contributed by atoms with Crippen LogP contribution in [0.25, 0.3) is 0 Å². The molecule has 1 saturated heterocycles. The van der Waals surface area contributed by atoms with E-state index in [-0.39, 0.29) is 24.1 Å². The minimum absolute atomic E-state index is 0.0117. The number of carbonyl (C=O) groups excluding carboxylic acids is 2. The molecule has 0 aliphatic carbocycles. The number of methoxy groups -OCH3 is 1. The van der Waals surface area contributed by atoms with Crippen LogP contribution in [0, 0.1) is 0 Å². The Morgan fingerprint density at radius 1 is 0.962 bits per heavy atom. The SMILES string of the molecule is CCCCCC[C@H](C[C@H]1O[C@H]1CCCCCCCC(=O)OC)OC(C)=O. The lowest BCUT2D eigenvalue weighted by atomic mass is 10.0. The van der Waals surface area contributed by atoms with Crippen molar-refractivity contribution >= 4 is 11.9 Å². The highest BCUT2D eigenvalue weighted by molar-refractivity contribution is 5.68. The molecule has 0 bridgehead atoms. The lowest BCUT2D eigenvalue weighted by molar-refractivity contribution is -0.147. The Morgan fingerprint density at radius 3 is 2.35 bits per heavy atom. The molecule has 3 atom stereocenters. The lowest BCUT2D eigenvalue weighted by Crippen LogP contribution is -2.19. The van der Waals surface area contributed by atoms with Crippen LogP contribution in [0.3, 0.4) is 0 Å². The quantitative estimate of drug-likeness (QED) is 0.218. The minimum Gasteiger partial charge on any atom is -0.469 e. The second kappa shape index (κ2) is 14.0. The molecule has 1 aliphatic rings. The van der Waals surface area contributed by atoms with Gasteiger partial charge < -0.3 is 14.2 Å². The molecule has 26 heavy (non-hydrogen) atoms. The number of carbonyl (C=O) groups is 2. The van der Waals surface area contributed by atoms with Crippen LogP contribution in [0.2, 0.25) is 0 Å². The van der Waals surface area contributed by atoms with E-state index in [2.05, 4.69) is 11.7 Å². The molecular formula is C21H38O5. The molecule has 0 amide bonds. The molecular weight excluding hydrogens is 332 g/mol. The van der Waals surface area contributed by atoms with Gasteiger partial charge in [-0.2, -0.15) is 0 Å². The zero-order chi connectivity index (χ0) is 19.2. The van der Waals surface area contributed by atoms with Crippen LogP contribution < -0.4 is 0 Å². The van der Waals surface area contributed by atoms with Crippen LogP contribution in [0.4, 0.5) is 0 Å². The van der Waals surface area contributed by atoms with Gasteiger partial charge in [0.1, 0.15) is 6.10 Å². The Kier molecular flexibility index (Phi) is 12.4. The van der Waals surface area contributed by atoms with E-state index in [1.165, 1.54) is 39.7 Å². The molecule has 0 N–H and O–H groups in total. The molecule has 0 unspecified atom stereocenters. The molecule has 5 heteroatoms. The molecule has 152 valence electrons. The maximum Gasteiger partial charge on any atom is 0.305 e. The van der Waals surface area contributed by atoms with E-state index >= 15 is 0 Å². The Balaban J connectivity index is 2.05. The van der Waals surface area contributed by atoms with Gasteiger partial charge in [-0.25, -0.2) is 0 Å². The zero-order valence-corrected chi connectivity index (χ0v) is 17.0. The van der Waals surface area contributed by atoms with Crippen molar-refractivity contribution in [3.63, 3.8) is 0 Å². The van der Waals surface area contributed by atoms with Gasteiger partial charge in [-0.05, 0) is 25.7 Å². The average molecular weight is 371 g/mol. The van der Waals surface area contributed by atoms with Gasteiger partial charge in [0.05, 0.1) is 19.3 Å². The molecule has 1 fully saturated rings. The predicted octanol–water partition coefficient (Wildman–Crippen LogP) is 4.95. The largest absolute Gasteiger partial charge is 0.469 e. The van der Waals surface area contributed by atoms with E-state index in [1.807, 2.05) is 0 Å². The van der Waals surface area contributed by atoms with Crippen LogP contribution in [0.5, 0.6) is 0 Å². The smallest absolute Gasteiger partial charge is 0.305 e. The Hall–Kier alpha value is -1.10. The van der Waals surface area contributed by atoms with Crippen molar-refractivity contribution < 1.29 is 23.8 Å². The maximum absolute atomic E-state index is 11.3. The molecule has 0 aromatic heterocycles. The highest BCUT2D eigenvalue weighted by Crippen LogP contribution is 2.33. The van der Waals surface area contributed by atoms with Gasteiger partial charge in [0.2, 0.25) is 0 Å². The third kappa shape index (κ3) is 11.5. The normalized spacial score (nSPS) is 19.8. The molecule has 0 radical (unpaired) electrons. The summed E-state index contributed by atoms with van der Waals surface area (Å²) < 4.78 is 15.9. The van der Waals surface area contributed by atoms with E-state index in [1.54, 1.807) is 0 Å². The summed E-state index contributed by atoms with van der Waals surface area (Å²) in [5, 5.41) is 0. The van der Waals surface area contributed by atoms with Crippen molar-refractivity contribution in [2.45, 2.75) is 116 Å². The topological polar surface area (TPSA) is 65.1 Å². The monoisotopic (exact) mass is 370 g/mol. The summed E-state index contributed by atoms with van der Waals surface area (Å²) in [5.41, 5.74) is 0. The summed E-state index contributed by atoms with van der Waals surface area (Å²) in [6.45, 7) is 3.69. The number of esters is 2. The van der Waals surface area contributed by atoms with E-state index in [9.17, 15) is 9.59 Å². The Morgan fingerprint density at radius 2 is 1.65 bits per heavy atom. The standard InChI is InChI=1S/C21H38O5/c1-4-5-6-10-13-18(25-17(2)22)16-20-19(26-20)14-11-8-7-9-12-15-21(23)24-3/h18-20H,4-16H2,1-3H3/t18-,19+,20-/m1/s1. The Bertz CT molecular complexity index is 396. The molecule has 5 nitrogen and oxygen atoms in total. The predicted molar refractivity (Wildman–Crippen MR) is 102 cm³/mol. The number of ether oxygens (including phenoxy) is 3. The number of unbranched alkanes of at least 4 members (excludes halogenated alkanes) is 7. The van der Waals surface area contributed by atoms with Crippen LogP contribution in [-0.2, 0) is 23.8 Å². The Labute approximate surface area is 159 Å². The second-order valence-corrected chi connectivity index (χ2v) is 7.41. The van der Waals surface area contributed by atoms with Gasteiger partial charge in [0, 0.05) is 19.8 Å². The number of rotatable bonds is 16. The van der Waals surface area contributed by atoms with Crippen LogP contribution >= 0.6 is 0 Å². The van der Waals surface area contributed by atoms with Crippen molar-refractivity contribution in [2.24, 2.45) is 0 Å². The summed E-state index contributed by atoms with van der Waals surface area (Å²) in [7, 11) is 1.44. The fourth-order valence-corrected chi connectivity index (χ4v) is 3.41. The van der Waals surface area contributed by atoms with Crippen LogP contribution in [0.15, 0.2) is 0 Å². The van der Waals surface area contributed by atoms with Crippen molar-refractivity contribution in [1.29, 1.82) is 0 Å². The summed E-state index contributed by atoms with van der Waals surface area (Å²) in [6.07, 6.45) is 14.3. The van der Waals surface area contributed by atoms with Crippen molar-refractivity contribution in [3.8, 4) is 0 Å². The molecule has 0 aromatic carbocycles. The first-order valence-corrected chi connectivity index (χ1v) is 10.5. The highest BCUT2D eigenvalue weighted by atomic mass is 16.6. The van der Waals surface area contributed by atoms with Gasteiger partial charge >= 0.3 is 11.9 Å². The average Bonchev–Trinajstić information content (AvgIpc) is 3.34. The third-order valence-corrected chi connectivity index (χ3v) is 4.99. The number of hydrogen-bond acceptors (Lipinski definition) is 5. The van der Waals surface area contributed by atoms with Gasteiger partial charge in [-0.1, -0.05) is 51.9 Å². The van der Waals surface area contributed by atoms with Gasteiger partial charge in [0.15, 0.2) is 0 Å². The van der Waals surface area contributed by atoms with Gasteiger partial charge in [-0.15, -0.1) is 0 Å². The first-order valence-electron chi connectivity index (χ1n) is 10.5. The lowest BCUT2D eigenvalue weighted by Gasteiger charge is -2.16. The highest BCUT2D eigenvalue weighted by Gasteiger charge is 2.40. The second-order valence-electron chi connectivity index (χ2n) is 7.41. The summed E-state index contributed by atoms with van der Waals surface area (Å²) in [4.78, 5) is 22.3. The van der Waals surface area contributed by atoms with Gasteiger partial charge in [0.25, 0.3) is 0 Å². The van der Waals surface area contributed by atoms with Crippen molar-refractivity contribution in [1.82, 2.24) is 0 Å². The molecule has 0 aromatic rings. The number of hydrogen-bond donors (Lipinski definition) is 0. The van der Waals surface area contributed by atoms with Crippen LogP contribution in [0.1, 0.15) is 97.3 Å². The summed E-state index contributed by atoms with van der Waals surface area (Å²) in [5.74, 6) is -0.300. The summed E-state index contributed by atoms with van der Waals surface area (Å²) >= 11 is 0.